The molecule has 0 radical (unpaired) electrons. The first-order chi connectivity index (χ1) is 9.51. The van der Waals surface area contributed by atoms with Crippen LogP contribution in [-0.2, 0) is 0 Å². The number of carbonyl (C=O) groups excluding carboxylic acids is 1. The van der Waals surface area contributed by atoms with Crippen LogP contribution in [-0.4, -0.2) is 5.78 Å². The average Bonchev–Trinajstić information content (AvgIpc) is 2.38. The Balaban J connectivity index is 2.42. The van der Waals surface area contributed by atoms with Gasteiger partial charge in [-0.25, -0.2) is 0 Å². The number of halogens is 1. The first-order valence-corrected chi connectivity index (χ1v) is 6.66. The largest absolute Gasteiger partial charge is 0.292 e. The monoisotopic (exact) mass is 283 g/mol. The van der Waals surface area contributed by atoms with Crippen molar-refractivity contribution in [3.63, 3.8) is 0 Å². The van der Waals surface area contributed by atoms with Crippen molar-refractivity contribution in [2.75, 3.05) is 0 Å². The molecule has 1 atom stereocenters. The minimum atomic E-state index is -0.798. The minimum absolute atomic E-state index is 0.219. The SMILES string of the molecule is Cc1cc(Cl)cc(C(=O)C(C#N)c2cccc(C)c2)c1. The van der Waals surface area contributed by atoms with E-state index in [1.54, 1.807) is 24.3 Å². The highest BCUT2D eigenvalue weighted by molar-refractivity contribution is 6.31. The van der Waals surface area contributed by atoms with Crippen molar-refractivity contribution >= 4 is 17.4 Å². The molecule has 0 N–H and O–H groups in total. The van der Waals surface area contributed by atoms with Crippen LogP contribution in [0.15, 0.2) is 42.5 Å². The predicted octanol–water partition coefficient (Wildman–Crippen LogP) is 4.45. The second kappa shape index (κ2) is 5.90. The van der Waals surface area contributed by atoms with Crippen LogP contribution in [0.4, 0.5) is 0 Å². The molecule has 0 saturated heterocycles. The van der Waals surface area contributed by atoms with Gasteiger partial charge in [-0.05, 0) is 43.2 Å². The Labute approximate surface area is 123 Å². The Bertz CT molecular complexity index is 680. The molecule has 20 heavy (non-hydrogen) atoms. The minimum Gasteiger partial charge on any atom is -0.292 e. The molecule has 2 rings (SSSR count). The predicted molar refractivity (Wildman–Crippen MR) is 80.1 cm³/mol. The summed E-state index contributed by atoms with van der Waals surface area (Å²) in [6.07, 6.45) is 0. The summed E-state index contributed by atoms with van der Waals surface area (Å²) in [4.78, 5) is 12.5. The zero-order valence-electron chi connectivity index (χ0n) is 11.4. The lowest BCUT2D eigenvalue weighted by Crippen LogP contribution is -2.11. The second-order valence-corrected chi connectivity index (χ2v) is 5.29. The third-order valence-electron chi connectivity index (χ3n) is 3.09. The van der Waals surface area contributed by atoms with E-state index < -0.39 is 5.92 Å². The van der Waals surface area contributed by atoms with Gasteiger partial charge >= 0.3 is 0 Å². The van der Waals surface area contributed by atoms with Gasteiger partial charge in [-0.3, -0.25) is 4.79 Å². The molecule has 100 valence electrons. The zero-order valence-corrected chi connectivity index (χ0v) is 12.1. The second-order valence-electron chi connectivity index (χ2n) is 4.86. The summed E-state index contributed by atoms with van der Waals surface area (Å²) in [6, 6.07) is 14.7. The summed E-state index contributed by atoms with van der Waals surface area (Å²) in [5.74, 6) is -1.02. The Morgan fingerprint density at radius 3 is 2.50 bits per heavy atom. The fraction of sp³-hybridized carbons (Fsp3) is 0.176. The molecular weight excluding hydrogens is 270 g/mol. The lowest BCUT2D eigenvalue weighted by atomic mass is 9.90. The highest BCUT2D eigenvalue weighted by Gasteiger charge is 2.22. The summed E-state index contributed by atoms with van der Waals surface area (Å²) < 4.78 is 0. The molecule has 0 heterocycles. The van der Waals surface area contributed by atoms with E-state index in [1.165, 1.54) is 0 Å². The van der Waals surface area contributed by atoms with Gasteiger partial charge in [0.25, 0.3) is 0 Å². The summed E-state index contributed by atoms with van der Waals surface area (Å²) in [7, 11) is 0. The van der Waals surface area contributed by atoms with Gasteiger partial charge in [-0.15, -0.1) is 0 Å². The van der Waals surface area contributed by atoms with Crippen LogP contribution in [0.25, 0.3) is 0 Å². The van der Waals surface area contributed by atoms with E-state index in [4.69, 9.17) is 11.6 Å². The standard InChI is InChI=1S/C17H14ClNO/c1-11-4-3-5-13(6-11)16(10-19)17(20)14-7-12(2)8-15(18)9-14/h3-9,16H,1-2H3. The van der Waals surface area contributed by atoms with Crippen LogP contribution in [0.5, 0.6) is 0 Å². The Morgan fingerprint density at radius 2 is 1.90 bits per heavy atom. The first kappa shape index (κ1) is 14.3. The van der Waals surface area contributed by atoms with Crippen LogP contribution in [0.2, 0.25) is 5.02 Å². The number of hydrogen-bond acceptors (Lipinski definition) is 2. The average molecular weight is 284 g/mol. The summed E-state index contributed by atoms with van der Waals surface area (Å²) in [6.45, 7) is 3.81. The molecule has 0 fully saturated rings. The van der Waals surface area contributed by atoms with Crippen LogP contribution in [0.3, 0.4) is 0 Å². The zero-order chi connectivity index (χ0) is 14.7. The lowest BCUT2D eigenvalue weighted by Gasteiger charge is -2.10. The van der Waals surface area contributed by atoms with E-state index in [2.05, 4.69) is 6.07 Å². The maximum absolute atomic E-state index is 12.5. The number of nitriles is 1. The summed E-state index contributed by atoms with van der Waals surface area (Å²) >= 11 is 5.98. The lowest BCUT2D eigenvalue weighted by molar-refractivity contribution is 0.0979. The van der Waals surface area contributed by atoms with Crippen molar-refractivity contribution in [2.24, 2.45) is 0 Å². The molecule has 2 aromatic rings. The molecule has 2 aromatic carbocycles. The number of aryl methyl sites for hydroxylation is 2. The number of benzene rings is 2. The molecule has 0 aliphatic heterocycles. The number of ketones is 1. The van der Waals surface area contributed by atoms with Crippen LogP contribution in [0, 0.1) is 25.2 Å². The van der Waals surface area contributed by atoms with Crippen molar-refractivity contribution < 1.29 is 4.79 Å². The molecule has 0 aromatic heterocycles. The van der Waals surface area contributed by atoms with Crippen LogP contribution < -0.4 is 0 Å². The van der Waals surface area contributed by atoms with E-state index in [9.17, 15) is 10.1 Å². The Hall–Kier alpha value is -2.11. The normalized spacial score (nSPS) is 11.7. The maximum atomic E-state index is 12.5. The van der Waals surface area contributed by atoms with E-state index in [0.29, 0.717) is 10.6 Å². The molecule has 1 unspecified atom stereocenters. The summed E-state index contributed by atoms with van der Waals surface area (Å²) in [5, 5.41) is 9.85. The molecular formula is C17H14ClNO. The van der Waals surface area contributed by atoms with E-state index >= 15 is 0 Å². The van der Waals surface area contributed by atoms with Gasteiger partial charge in [0.2, 0.25) is 0 Å². The van der Waals surface area contributed by atoms with Crippen molar-refractivity contribution in [2.45, 2.75) is 19.8 Å². The molecule has 0 bridgehead atoms. The molecule has 0 amide bonds. The van der Waals surface area contributed by atoms with Crippen molar-refractivity contribution in [1.29, 1.82) is 5.26 Å². The van der Waals surface area contributed by atoms with Gasteiger partial charge in [0.1, 0.15) is 5.92 Å². The Morgan fingerprint density at radius 1 is 1.15 bits per heavy atom. The molecule has 0 aliphatic carbocycles. The third-order valence-corrected chi connectivity index (χ3v) is 3.31. The van der Waals surface area contributed by atoms with Crippen molar-refractivity contribution in [1.82, 2.24) is 0 Å². The fourth-order valence-corrected chi connectivity index (χ4v) is 2.47. The molecule has 0 saturated carbocycles. The maximum Gasteiger partial charge on any atom is 0.184 e. The molecule has 3 heteroatoms. The number of rotatable bonds is 3. The highest BCUT2D eigenvalue weighted by Crippen LogP contribution is 2.24. The highest BCUT2D eigenvalue weighted by atomic mass is 35.5. The van der Waals surface area contributed by atoms with Crippen LogP contribution in [0.1, 0.15) is 33.0 Å². The van der Waals surface area contributed by atoms with Gasteiger partial charge in [-0.2, -0.15) is 5.26 Å². The topological polar surface area (TPSA) is 40.9 Å². The number of nitrogens with zero attached hydrogens (tertiary/aromatic N) is 1. The number of hydrogen-bond donors (Lipinski definition) is 0. The smallest absolute Gasteiger partial charge is 0.184 e. The Kier molecular flexibility index (Phi) is 4.22. The number of Topliss-reactive ketones (excluding diaryl/α,β-unsaturated/α-hetero) is 1. The first-order valence-electron chi connectivity index (χ1n) is 6.29. The molecule has 2 nitrogen and oxygen atoms in total. The van der Waals surface area contributed by atoms with Gasteiger partial charge in [0, 0.05) is 10.6 Å². The molecule has 0 aliphatic rings. The van der Waals surface area contributed by atoms with E-state index in [-0.39, 0.29) is 5.78 Å². The van der Waals surface area contributed by atoms with E-state index in [1.807, 2.05) is 32.0 Å². The van der Waals surface area contributed by atoms with Crippen LogP contribution >= 0.6 is 11.6 Å². The molecule has 0 spiro atoms. The van der Waals surface area contributed by atoms with Crippen molar-refractivity contribution in [3.05, 3.63) is 69.7 Å². The van der Waals surface area contributed by atoms with Gasteiger partial charge < -0.3 is 0 Å². The van der Waals surface area contributed by atoms with Gasteiger partial charge in [0.15, 0.2) is 5.78 Å². The van der Waals surface area contributed by atoms with E-state index in [0.717, 1.165) is 16.7 Å². The quantitative estimate of drug-likeness (QED) is 0.781. The fourth-order valence-electron chi connectivity index (χ4n) is 2.18. The third kappa shape index (κ3) is 3.07. The van der Waals surface area contributed by atoms with Gasteiger partial charge in [-0.1, -0.05) is 41.4 Å². The van der Waals surface area contributed by atoms with Crippen molar-refractivity contribution in [3.8, 4) is 6.07 Å². The van der Waals surface area contributed by atoms with Gasteiger partial charge in [0.05, 0.1) is 6.07 Å². The number of carbonyl (C=O) groups is 1. The summed E-state index contributed by atoms with van der Waals surface area (Å²) in [5.41, 5.74) is 3.12.